The molecule has 0 unspecified atom stereocenters. The van der Waals surface area contributed by atoms with E-state index in [9.17, 15) is 14.0 Å². The molecular weight excluding hydrogens is 293 g/mol. The maximum atomic E-state index is 13.6. The molecule has 0 spiro atoms. The van der Waals surface area contributed by atoms with Crippen molar-refractivity contribution in [1.82, 2.24) is 15.5 Å². The first-order valence-electron chi connectivity index (χ1n) is 6.64. The zero-order valence-electron chi connectivity index (χ0n) is 11.8. The number of benzene rings is 1. The molecule has 1 N–H and O–H groups in total. The summed E-state index contributed by atoms with van der Waals surface area (Å²) in [5.41, 5.74) is 0.230. The van der Waals surface area contributed by atoms with Crippen molar-refractivity contribution in [2.24, 2.45) is 0 Å². The van der Waals surface area contributed by atoms with Crippen molar-refractivity contribution in [3.63, 3.8) is 0 Å². The number of esters is 1. The summed E-state index contributed by atoms with van der Waals surface area (Å²) < 4.78 is 23.1. The minimum atomic E-state index is -0.944. The van der Waals surface area contributed by atoms with Crippen molar-refractivity contribution >= 4 is 11.9 Å². The minimum absolute atomic E-state index is 0.122. The van der Waals surface area contributed by atoms with E-state index in [4.69, 9.17) is 4.52 Å². The lowest BCUT2D eigenvalue weighted by Gasteiger charge is -2.02. The predicted octanol–water partition coefficient (Wildman–Crippen LogP) is 1.10. The van der Waals surface area contributed by atoms with E-state index >= 15 is 0 Å². The van der Waals surface area contributed by atoms with E-state index in [-0.39, 0.29) is 36.9 Å². The Balaban J connectivity index is 1.89. The van der Waals surface area contributed by atoms with Gasteiger partial charge in [-0.3, -0.25) is 4.79 Å². The number of amides is 1. The van der Waals surface area contributed by atoms with E-state index in [1.54, 1.807) is 19.1 Å². The normalized spacial score (nSPS) is 10.3. The summed E-state index contributed by atoms with van der Waals surface area (Å²) in [5, 5.41) is 6.04. The van der Waals surface area contributed by atoms with Gasteiger partial charge in [0.15, 0.2) is 0 Å². The molecule has 1 aromatic heterocycles. The summed E-state index contributed by atoms with van der Waals surface area (Å²) in [7, 11) is 0. The summed E-state index contributed by atoms with van der Waals surface area (Å²) in [6.45, 7) is 1.85. The van der Waals surface area contributed by atoms with Gasteiger partial charge in [0.25, 0.3) is 0 Å². The molecule has 2 rings (SSSR count). The van der Waals surface area contributed by atoms with Crippen LogP contribution in [0.4, 0.5) is 4.39 Å². The van der Waals surface area contributed by atoms with Gasteiger partial charge in [-0.15, -0.1) is 0 Å². The second-order valence-electron chi connectivity index (χ2n) is 4.22. The number of nitrogens with zero attached hydrogens (tertiary/aromatic N) is 2. The number of halogens is 1. The van der Waals surface area contributed by atoms with Crippen LogP contribution >= 0.6 is 0 Å². The fraction of sp³-hybridized carbons (Fsp3) is 0.286. The molecule has 7 nitrogen and oxygen atoms in total. The van der Waals surface area contributed by atoms with E-state index in [1.165, 1.54) is 12.1 Å². The highest BCUT2D eigenvalue weighted by molar-refractivity contribution is 6.32. The Morgan fingerprint density at radius 3 is 2.86 bits per heavy atom. The Bertz CT molecular complexity index is 672. The number of nitrogens with one attached hydrogen (secondary N) is 1. The summed E-state index contributed by atoms with van der Waals surface area (Å²) in [5.74, 6) is -1.88. The van der Waals surface area contributed by atoms with Crippen LogP contribution in [0, 0.1) is 5.82 Å². The number of aromatic nitrogens is 2. The smallest absolute Gasteiger partial charge is 0.396 e. The van der Waals surface area contributed by atoms with Crippen molar-refractivity contribution in [3.8, 4) is 11.4 Å². The molecule has 0 radical (unpaired) electrons. The first-order valence-corrected chi connectivity index (χ1v) is 6.64. The zero-order valence-corrected chi connectivity index (χ0v) is 11.8. The van der Waals surface area contributed by atoms with Crippen LogP contribution < -0.4 is 5.32 Å². The molecule has 0 aliphatic rings. The molecule has 116 valence electrons. The number of carbonyl (C=O) groups excluding carboxylic acids is 2. The molecule has 1 heterocycles. The molecule has 0 aliphatic heterocycles. The summed E-state index contributed by atoms with van der Waals surface area (Å²) in [6, 6.07) is 6.05. The Kier molecular flexibility index (Phi) is 5.18. The molecule has 22 heavy (non-hydrogen) atoms. The Morgan fingerprint density at radius 1 is 1.36 bits per heavy atom. The largest absolute Gasteiger partial charge is 0.459 e. The lowest BCUT2D eigenvalue weighted by molar-refractivity contribution is -0.154. The van der Waals surface area contributed by atoms with E-state index < -0.39 is 17.7 Å². The van der Waals surface area contributed by atoms with Crippen molar-refractivity contribution in [1.29, 1.82) is 0 Å². The first-order chi connectivity index (χ1) is 10.6. The average molecular weight is 307 g/mol. The Hall–Kier alpha value is -2.77. The maximum absolute atomic E-state index is 13.6. The molecule has 0 fully saturated rings. The molecule has 0 aliphatic carbocycles. The van der Waals surface area contributed by atoms with Crippen LogP contribution in [0.15, 0.2) is 28.8 Å². The Morgan fingerprint density at radius 2 is 2.14 bits per heavy atom. The molecule has 0 atom stereocenters. The van der Waals surface area contributed by atoms with Crippen molar-refractivity contribution in [2.75, 3.05) is 13.2 Å². The van der Waals surface area contributed by atoms with Gasteiger partial charge in [-0.05, 0) is 19.1 Å². The fourth-order valence-electron chi connectivity index (χ4n) is 1.66. The van der Waals surface area contributed by atoms with Gasteiger partial charge in [-0.2, -0.15) is 4.98 Å². The van der Waals surface area contributed by atoms with E-state index in [0.717, 1.165) is 0 Å². The topological polar surface area (TPSA) is 94.3 Å². The second kappa shape index (κ2) is 7.30. The van der Waals surface area contributed by atoms with Crippen LogP contribution in [0.25, 0.3) is 11.4 Å². The number of ether oxygens (including phenoxy) is 1. The number of rotatable bonds is 5. The lowest BCUT2D eigenvalue weighted by atomic mass is 10.2. The highest BCUT2D eigenvalue weighted by Gasteiger charge is 2.15. The molecule has 0 saturated heterocycles. The minimum Gasteiger partial charge on any atom is -0.459 e. The zero-order chi connectivity index (χ0) is 15.9. The quantitative estimate of drug-likeness (QED) is 0.656. The van der Waals surface area contributed by atoms with Crippen LogP contribution in [0.5, 0.6) is 0 Å². The van der Waals surface area contributed by atoms with Crippen LogP contribution in [0.1, 0.15) is 12.8 Å². The third kappa shape index (κ3) is 3.87. The van der Waals surface area contributed by atoms with Crippen LogP contribution in [-0.4, -0.2) is 35.2 Å². The van der Waals surface area contributed by atoms with Gasteiger partial charge >= 0.3 is 11.9 Å². The van der Waals surface area contributed by atoms with Gasteiger partial charge in [0.05, 0.1) is 12.2 Å². The van der Waals surface area contributed by atoms with Crippen LogP contribution in [-0.2, 0) is 20.7 Å². The third-order valence-corrected chi connectivity index (χ3v) is 2.67. The summed E-state index contributed by atoms with van der Waals surface area (Å²) in [4.78, 5) is 26.4. The predicted molar refractivity (Wildman–Crippen MR) is 73.0 cm³/mol. The van der Waals surface area contributed by atoms with Gasteiger partial charge in [-0.1, -0.05) is 17.3 Å². The van der Waals surface area contributed by atoms with Crippen molar-refractivity contribution < 1.29 is 23.2 Å². The molecule has 1 amide bonds. The standard InChI is InChI=1S/C14H14FN3O4/c1-2-21-14(20)13(19)16-8-7-11-17-12(18-22-11)9-5-3-4-6-10(9)15/h3-6H,2,7-8H2,1H3,(H,16,19). The Labute approximate surface area is 125 Å². The molecule has 1 aromatic carbocycles. The first kappa shape index (κ1) is 15.6. The van der Waals surface area contributed by atoms with E-state index in [2.05, 4.69) is 20.2 Å². The molecular formula is C14H14FN3O4. The van der Waals surface area contributed by atoms with Crippen LogP contribution in [0.3, 0.4) is 0 Å². The van der Waals surface area contributed by atoms with Gasteiger partial charge in [0.2, 0.25) is 11.7 Å². The fourth-order valence-corrected chi connectivity index (χ4v) is 1.66. The monoisotopic (exact) mass is 307 g/mol. The number of hydrogen-bond donors (Lipinski definition) is 1. The maximum Gasteiger partial charge on any atom is 0.396 e. The van der Waals surface area contributed by atoms with E-state index in [0.29, 0.717) is 0 Å². The van der Waals surface area contributed by atoms with E-state index in [1.807, 2.05) is 0 Å². The molecule has 2 aromatic rings. The summed E-state index contributed by atoms with van der Waals surface area (Å²) in [6.07, 6.45) is 0.215. The van der Waals surface area contributed by atoms with Gasteiger partial charge in [0, 0.05) is 13.0 Å². The SMILES string of the molecule is CCOC(=O)C(=O)NCCc1nc(-c2ccccc2F)no1. The highest BCUT2D eigenvalue weighted by Crippen LogP contribution is 2.19. The number of hydrogen-bond acceptors (Lipinski definition) is 6. The third-order valence-electron chi connectivity index (χ3n) is 2.67. The molecule has 0 saturated carbocycles. The molecule has 8 heteroatoms. The number of carbonyl (C=O) groups is 2. The van der Waals surface area contributed by atoms with Crippen LogP contribution in [0.2, 0.25) is 0 Å². The molecule has 0 bridgehead atoms. The van der Waals surface area contributed by atoms with Crippen molar-refractivity contribution in [2.45, 2.75) is 13.3 Å². The lowest BCUT2D eigenvalue weighted by Crippen LogP contribution is -2.33. The van der Waals surface area contributed by atoms with Gasteiger partial charge in [-0.25, -0.2) is 9.18 Å². The second-order valence-corrected chi connectivity index (χ2v) is 4.22. The van der Waals surface area contributed by atoms with Gasteiger partial charge in [0.1, 0.15) is 5.82 Å². The average Bonchev–Trinajstić information content (AvgIpc) is 2.96. The van der Waals surface area contributed by atoms with Crippen molar-refractivity contribution in [3.05, 3.63) is 36.0 Å². The summed E-state index contributed by atoms with van der Waals surface area (Å²) >= 11 is 0. The highest BCUT2D eigenvalue weighted by atomic mass is 19.1. The van der Waals surface area contributed by atoms with Gasteiger partial charge < -0.3 is 14.6 Å².